The van der Waals surface area contributed by atoms with Crippen molar-refractivity contribution < 1.29 is 14.3 Å². The van der Waals surface area contributed by atoms with Gasteiger partial charge in [-0.05, 0) is 27.1 Å². The summed E-state index contributed by atoms with van der Waals surface area (Å²) in [6.07, 6.45) is 0.794. The summed E-state index contributed by atoms with van der Waals surface area (Å²) in [4.78, 5) is 27.5. The van der Waals surface area contributed by atoms with Gasteiger partial charge in [0.1, 0.15) is 6.42 Å². The quantitative estimate of drug-likeness (QED) is 0.417. The molecule has 0 spiro atoms. The zero-order valence-corrected chi connectivity index (χ0v) is 13.2. The van der Waals surface area contributed by atoms with Gasteiger partial charge in [0.25, 0.3) is 0 Å². The Morgan fingerprint density at radius 2 is 1.71 bits per heavy atom. The van der Waals surface area contributed by atoms with Crippen molar-refractivity contribution in [1.29, 1.82) is 0 Å². The SMILES string of the molecule is CN(C)CCCNC(=O)CC(=O)NCCN1CCOCC1. The van der Waals surface area contributed by atoms with Crippen molar-refractivity contribution in [2.45, 2.75) is 12.8 Å². The van der Waals surface area contributed by atoms with Crippen LogP contribution in [-0.2, 0) is 14.3 Å². The summed E-state index contributed by atoms with van der Waals surface area (Å²) in [6.45, 7) is 6.23. The van der Waals surface area contributed by atoms with Gasteiger partial charge in [0, 0.05) is 32.7 Å². The molecule has 21 heavy (non-hydrogen) atoms. The van der Waals surface area contributed by atoms with Crippen LogP contribution in [0.1, 0.15) is 12.8 Å². The van der Waals surface area contributed by atoms with Crippen molar-refractivity contribution in [3.63, 3.8) is 0 Å². The van der Waals surface area contributed by atoms with Crippen LogP contribution in [0.15, 0.2) is 0 Å². The minimum absolute atomic E-state index is 0.0922. The van der Waals surface area contributed by atoms with Gasteiger partial charge < -0.3 is 20.3 Å². The molecule has 0 aliphatic carbocycles. The monoisotopic (exact) mass is 300 g/mol. The fourth-order valence-electron chi connectivity index (χ4n) is 2.07. The Bertz CT molecular complexity index is 317. The largest absolute Gasteiger partial charge is 0.379 e. The van der Waals surface area contributed by atoms with Crippen molar-refractivity contribution >= 4 is 11.8 Å². The number of nitrogens with zero attached hydrogens (tertiary/aromatic N) is 2. The predicted octanol–water partition coefficient (Wildman–Crippen LogP) is -1.11. The number of morpholine rings is 1. The smallest absolute Gasteiger partial charge is 0.229 e. The molecule has 1 rings (SSSR count). The minimum Gasteiger partial charge on any atom is -0.379 e. The molecule has 1 fully saturated rings. The van der Waals surface area contributed by atoms with Crippen molar-refractivity contribution in [3.8, 4) is 0 Å². The van der Waals surface area contributed by atoms with Gasteiger partial charge >= 0.3 is 0 Å². The van der Waals surface area contributed by atoms with E-state index in [9.17, 15) is 9.59 Å². The number of rotatable bonds is 9. The molecule has 122 valence electrons. The van der Waals surface area contributed by atoms with Crippen LogP contribution < -0.4 is 10.6 Å². The van der Waals surface area contributed by atoms with Crippen molar-refractivity contribution in [1.82, 2.24) is 20.4 Å². The summed E-state index contributed by atoms with van der Waals surface area (Å²) in [5.74, 6) is -0.425. The maximum Gasteiger partial charge on any atom is 0.229 e. The van der Waals surface area contributed by atoms with Crippen LogP contribution in [0.2, 0.25) is 0 Å². The lowest BCUT2D eigenvalue weighted by Crippen LogP contribution is -2.42. The highest BCUT2D eigenvalue weighted by molar-refractivity contribution is 5.96. The number of hydrogen-bond acceptors (Lipinski definition) is 5. The van der Waals surface area contributed by atoms with E-state index >= 15 is 0 Å². The fraction of sp³-hybridized carbons (Fsp3) is 0.857. The highest BCUT2D eigenvalue weighted by Crippen LogP contribution is 1.94. The van der Waals surface area contributed by atoms with E-state index in [-0.39, 0.29) is 18.2 Å². The molecule has 1 aliphatic rings. The van der Waals surface area contributed by atoms with E-state index in [2.05, 4.69) is 20.4 Å². The molecule has 1 aliphatic heterocycles. The van der Waals surface area contributed by atoms with Gasteiger partial charge in [-0.1, -0.05) is 0 Å². The molecule has 0 aromatic rings. The van der Waals surface area contributed by atoms with E-state index in [1.165, 1.54) is 0 Å². The van der Waals surface area contributed by atoms with Gasteiger partial charge in [-0.25, -0.2) is 0 Å². The molecule has 0 saturated carbocycles. The fourth-order valence-corrected chi connectivity index (χ4v) is 2.07. The molecule has 0 atom stereocenters. The lowest BCUT2D eigenvalue weighted by molar-refractivity contribution is -0.129. The topological polar surface area (TPSA) is 73.9 Å². The number of nitrogens with one attached hydrogen (secondary N) is 2. The molecule has 7 nitrogen and oxygen atoms in total. The van der Waals surface area contributed by atoms with E-state index in [1.807, 2.05) is 14.1 Å². The Morgan fingerprint density at radius 1 is 1.10 bits per heavy atom. The van der Waals surface area contributed by atoms with Gasteiger partial charge in [-0.3, -0.25) is 14.5 Å². The third-order valence-electron chi connectivity index (χ3n) is 3.28. The third-order valence-corrected chi connectivity index (χ3v) is 3.28. The van der Waals surface area contributed by atoms with Crippen molar-refractivity contribution in [3.05, 3.63) is 0 Å². The van der Waals surface area contributed by atoms with Gasteiger partial charge in [-0.15, -0.1) is 0 Å². The first-order valence-electron chi connectivity index (χ1n) is 7.56. The van der Waals surface area contributed by atoms with Crippen LogP contribution in [0.4, 0.5) is 0 Å². The maximum absolute atomic E-state index is 11.6. The predicted molar refractivity (Wildman–Crippen MR) is 81.1 cm³/mol. The number of carbonyl (C=O) groups is 2. The van der Waals surface area contributed by atoms with E-state index in [4.69, 9.17) is 4.74 Å². The summed E-state index contributed by atoms with van der Waals surface area (Å²) in [6, 6.07) is 0. The van der Waals surface area contributed by atoms with E-state index in [0.29, 0.717) is 13.1 Å². The van der Waals surface area contributed by atoms with Crippen LogP contribution in [0.25, 0.3) is 0 Å². The molecule has 0 aromatic carbocycles. The molecule has 0 unspecified atom stereocenters. The van der Waals surface area contributed by atoms with Gasteiger partial charge in [0.05, 0.1) is 13.2 Å². The van der Waals surface area contributed by atoms with Crippen LogP contribution in [0.5, 0.6) is 0 Å². The van der Waals surface area contributed by atoms with Crippen LogP contribution in [0.3, 0.4) is 0 Å². The first-order valence-corrected chi connectivity index (χ1v) is 7.56. The van der Waals surface area contributed by atoms with Gasteiger partial charge in [0.2, 0.25) is 11.8 Å². The Kier molecular flexibility index (Phi) is 8.96. The second-order valence-electron chi connectivity index (χ2n) is 5.49. The Hall–Kier alpha value is -1.18. The molecular weight excluding hydrogens is 272 g/mol. The first kappa shape index (κ1) is 17.9. The Balaban J connectivity index is 2.00. The molecule has 7 heteroatoms. The zero-order valence-electron chi connectivity index (χ0n) is 13.2. The van der Waals surface area contributed by atoms with Crippen molar-refractivity contribution in [2.75, 3.05) is 66.6 Å². The number of carbonyl (C=O) groups excluding carboxylic acids is 2. The molecular formula is C14H28N4O3. The molecule has 0 radical (unpaired) electrons. The molecule has 1 heterocycles. The molecule has 0 bridgehead atoms. The lowest BCUT2D eigenvalue weighted by atomic mass is 10.3. The van der Waals surface area contributed by atoms with Crippen LogP contribution >= 0.6 is 0 Å². The summed E-state index contributed by atoms with van der Waals surface area (Å²) in [5.41, 5.74) is 0. The maximum atomic E-state index is 11.6. The molecule has 0 aromatic heterocycles. The van der Waals surface area contributed by atoms with Gasteiger partial charge in [-0.2, -0.15) is 0 Å². The highest BCUT2D eigenvalue weighted by atomic mass is 16.5. The number of amides is 2. The Labute approximate surface area is 127 Å². The highest BCUT2D eigenvalue weighted by Gasteiger charge is 2.11. The van der Waals surface area contributed by atoms with E-state index < -0.39 is 0 Å². The summed E-state index contributed by atoms with van der Waals surface area (Å²) < 4.78 is 5.26. The normalized spacial score (nSPS) is 16.0. The lowest BCUT2D eigenvalue weighted by Gasteiger charge is -2.26. The second kappa shape index (κ2) is 10.5. The van der Waals surface area contributed by atoms with Crippen LogP contribution in [-0.4, -0.2) is 88.2 Å². The van der Waals surface area contributed by atoms with E-state index in [0.717, 1.165) is 45.8 Å². The summed E-state index contributed by atoms with van der Waals surface area (Å²) in [7, 11) is 3.98. The minimum atomic E-state index is -0.214. The van der Waals surface area contributed by atoms with Crippen LogP contribution in [0, 0.1) is 0 Å². The number of hydrogen-bond donors (Lipinski definition) is 2. The third kappa shape index (κ3) is 9.38. The standard InChI is InChI=1S/C14H28N4O3/c1-17(2)6-3-4-15-13(19)12-14(20)16-5-7-18-8-10-21-11-9-18/h3-12H2,1-2H3,(H,15,19)(H,16,20). The molecule has 2 amide bonds. The first-order chi connectivity index (χ1) is 10.1. The van der Waals surface area contributed by atoms with Crippen molar-refractivity contribution in [2.24, 2.45) is 0 Å². The average molecular weight is 300 g/mol. The Morgan fingerprint density at radius 3 is 2.33 bits per heavy atom. The summed E-state index contributed by atoms with van der Waals surface area (Å²) in [5, 5.41) is 5.53. The average Bonchev–Trinajstić information content (AvgIpc) is 2.44. The van der Waals surface area contributed by atoms with E-state index in [1.54, 1.807) is 0 Å². The number of ether oxygens (including phenoxy) is 1. The molecule has 2 N–H and O–H groups in total. The second-order valence-corrected chi connectivity index (χ2v) is 5.49. The summed E-state index contributed by atoms with van der Waals surface area (Å²) >= 11 is 0. The zero-order chi connectivity index (χ0) is 15.5. The molecule has 1 saturated heterocycles. The van der Waals surface area contributed by atoms with Gasteiger partial charge in [0.15, 0.2) is 0 Å².